The largest absolute Gasteiger partial charge is 0.465 e. The molecule has 23 heavy (non-hydrogen) atoms. The average Bonchev–Trinajstić information content (AvgIpc) is 2.86. The van der Waals surface area contributed by atoms with Crippen LogP contribution in [0.1, 0.15) is 38.0 Å². The second kappa shape index (κ2) is 6.32. The molecule has 1 saturated heterocycles. The van der Waals surface area contributed by atoms with Crippen LogP contribution in [-0.2, 0) is 12.0 Å². The Morgan fingerprint density at radius 2 is 1.96 bits per heavy atom. The normalized spacial score (nSPS) is 15.7. The predicted molar refractivity (Wildman–Crippen MR) is 91.6 cm³/mol. The number of anilines is 1. The maximum Gasteiger partial charge on any atom is 0.151 e. The van der Waals surface area contributed by atoms with E-state index in [0.29, 0.717) is 5.92 Å². The summed E-state index contributed by atoms with van der Waals surface area (Å²) in [5.74, 6) is 3.61. The number of rotatable bonds is 5. The van der Waals surface area contributed by atoms with Crippen LogP contribution in [0.4, 0.5) is 5.82 Å². The molecule has 0 aliphatic carbocycles. The molecule has 3 heterocycles. The monoisotopic (exact) mass is 314 g/mol. The molecule has 1 fully saturated rings. The summed E-state index contributed by atoms with van der Waals surface area (Å²) < 4.78 is 5.55. The van der Waals surface area contributed by atoms with Crippen LogP contribution >= 0.6 is 0 Å². The number of aryl methyl sites for hydroxylation is 1. The van der Waals surface area contributed by atoms with E-state index < -0.39 is 0 Å². The molecule has 5 nitrogen and oxygen atoms in total. The first-order valence-electron chi connectivity index (χ1n) is 8.27. The first kappa shape index (κ1) is 16.0. The molecule has 0 spiro atoms. The predicted octanol–water partition coefficient (Wildman–Crippen LogP) is 2.90. The Bertz CT molecular complexity index is 636. The molecule has 0 bridgehead atoms. The van der Waals surface area contributed by atoms with Crippen LogP contribution < -0.4 is 10.2 Å². The number of hydrogen-bond donors (Lipinski definition) is 1. The Morgan fingerprint density at radius 1 is 1.17 bits per heavy atom. The van der Waals surface area contributed by atoms with E-state index in [1.165, 1.54) is 0 Å². The topological polar surface area (TPSA) is 54.2 Å². The van der Waals surface area contributed by atoms with Gasteiger partial charge in [-0.15, -0.1) is 5.10 Å². The molecule has 124 valence electrons. The van der Waals surface area contributed by atoms with Crippen molar-refractivity contribution in [3.05, 3.63) is 41.5 Å². The second-order valence-corrected chi connectivity index (χ2v) is 7.44. The van der Waals surface area contributed by atoms with Gasteiger partial charge >= 0.3 is 0 Å². The Balaban J connectivity index is 1.42. The van der Waals surface area contributed by atoms with Gasteiger partial charge in [0.2, 0.25) is 0 Å². The lowest BCUT2D eigenvalue weighted by atomic mass is 9.92. The van der Waals surface area contributed by atoms with Gasteiger partial charge in [0.1, 0.15) is 11.5 Å². The van der Waals surface area contributed by atoms with E-state index in [1.807, 2.05) is 19.1 Å². The van der Waals surface area contributed by atoms with Crippen LogP contribution in [0, 0.1) is 12.8 Å². The molecule has 0 radical (unpaired) electrons. The molecule has 0 aromatic carbocycles. The molecular formula is C18H26N4O. The molecule has 5 heteroatoms. The van der Waals surface area contributed by atoms with E-state index in [-0.39, 0.29) is 5.41 Å². The van der Waals surface area contributed by atoms with Gasteiger partial charge in [-0.05, 0) is 31.2 Å². The zero-order valence-electron chi connectivity index (χ0n) is 14.5. The number of aromatic nitrogens is 2. The van der Waals surface area contributed by atoms with E-state index in [0.717, 1.165) is 49.2 Å². The third-order valence-corrected chi connectivity index (χ3v) is 4.23. The van der Waals surface area contributed by atoms with Crippen LogP contribution in [0.3, 0.4) is 0 Å². The minimum Gasteiger partial charge on any atom is -0.465 e. The lowest BCUT2D eigenvalue weighted by molar-refractivity contribution is 0.369. The van der Waals surface area contributed by atoms with Gasteiger partial charge in [-0.25, -0.2) is 0 Å². The van der Waals surface area contributed by atoms with E-state index in [4.69, 9.17) is 4.42 Å². The van der Waals surface area contributed by atoms with Gasteiger partial charge in [-0.2, -0.15) is 5.10 Å². The van der Waals surface area contributed by atoms with Gasteiger partial charge in [0, 0.05) is 31.0 Å². The Kier molecular flexibility index (Phi) is 4.39. The molecule has 0 saturated carbocycles. The van der Waals surface area contributed by atoms with E-state index in [1.54, 1.807) is 0 Å². The van der Waals surface area contributed by atoms with Gasteiger partial charge in [-0.3, -0.25) is 0 Å². The van der Waals surface area contributed by atoms with Crippen molar-refractivity contribution < 1.29 is 4.42 Å². The van der Waals surface area contributed by atoms with Crippen LogP contribution in [0.15, 0.2) is 28.7 Å². The van der Waals surface area contributed by atoms with E-state index >= 15 is 0 Å². The molecule has 0 amide bonds. The van der Waals surface area contributed by atoms with Crippen molar-refractivity contribution >= 4 is 5.82 Å². The fourth-order valence-electron chi connectivity index (χ4n) is 2.76. The minimum atomic E-state index is 0.0527. The van der Waals surface area contributed by atoms with Crippen molar-refractivity contribution in [3.63, 3.8) is 0 Å². The van der Waals surface area contributed by atoms with Crippen LogP contribution in [0.25, 0.3) is 0 Å². The quantitative estimate of drug-likeness (QED) is 0.919. The number of nitrogens with one attached hydrogen (secondary N) is 1. The summed E-state index contributed by atoms with van der Waals surface area (Å²) in [4.78, 5) is 2.28. The zero-order valence-corrected chi connectivity index (χ0v) is 14.5. The van der Waals surface area contributed by atoms with Crippen molar-refractivity contribution in [1.29, 1.82) is 0 Å². The van der Waals surface area contributed by atoms with Gasteiger partial charge in [-0.1, -0.05) is 20.8 Å². The summed E-state index contributed by atoms with van der Waals surface area (Å²) in [5.41, 5.74) is 1.09. The molecule has 1 N–H and O–H groups in total. The van der Waals surface area contributed by atoms with Gasteiger partial charge < -0.3 is 14.6 Å². The highest BCUT2D eigenvalue weighted by Crippen LogP contribution is 2.24. The molecule has 0 unspecified atom stereocenters. The summed E-state index contributed by atoms with van der Waals surface area (Å²) in [6.07, 6.45) is 0. The standard InChI is InChI=1S/C18H26N4O/c1-13-5-6-15(23-13)10-19-9-14-11-22(12-14)17-8-7-16(20-21-17)18(2,3)4/h5-8,14,19H,9-12H2,1-4H3. The van der Waals surface area contributed by atoms with Gasteiger partial charge in [0.15, 0.2) is 5.82 Å². The van der Waals surface area contributed by atoms with Crippen molar-refractivity contribution in [2.75, 3.05) is 24.5 Å². The lowest BCUT2D eigenvalue weighted by Crippen LogP contribution is -2.51. The highest BCUT2D eigenvalue weighted by atomic mass is 16.3. The van der Waals surface area contributed by atoms with Crippen LogP contribution in [0.2, 0.25) is 0 Å². The molecule has 2 aromatic heterocycles. The highest BCUT2D eigenvalue weighted by molar-refractivity contribution is 5.41. The van der Waals surface area contributed by atoms with Crippen molar-refractivity contribution in [2.24, 2.45) is 5.92 Å². The zero-order chi connectivity index (χ0) is 16.4. The van der Waals surface area contributed by atoms with E-state index in [9.17, 15) is 0 Å². The first-order chi connectivity index (χ1) is 10.9. The Labute approximate surface area is 138 Å². The second-order valence-electron chi connectivity index (χ2n) is 7.44. The average molecular weight is 314 g/mol. The molecular weight excluding hydrogens is 288 g/mol. The summed E-state index contributed by atoms with van der Waals surface area (Å²) in [6.45, 7) is 12.3. The molecule has 0 atom stereocenters. The number of nitrogens with zero attached hydrogens (tertiary/aromatic N) is 3. The smallest absolute Gasteiger partial charge is 0.151 e. The summed E-state index contributed by atoms with van der Waals surface area (Å²) in [6, 6.07) is 8.21. The summed E-state index contributed by atoms with van der Waals surface area (Å²) in [7, 11) is 0. The van der Waals surface area contributed by atoms with Crippen molar-refractivity contribution in [1.82, 2.24) is 15.5 Å². The van der Waals surface area contributed by atoms with E-state index in [2.05, 4.69) is 53.3 Å². The van der Waals surface area contributed by atoms with Crippen molar-refractivity contribution in [3.8, 4) is 0 Å². The summed E-state index contributed by atoms with van der Waals surface area (Å²) >= 11 is 0. The van der Waals surface area contributed by atoms with Crippen molar-refractivity contribution in [2.45, 2.75) is 39.7 Å². The van der Waals surface area contributed by atoms with Crippen LogP contribution in [-0.4, -0.2) is 29.8 Å². The maximum atomic E-state index is 5.55. The molecule has 1 aliphatic heterocycles. The Morgan fingerprint density at radius 3 is 2.52 bits per heavy atom. The fraction of sp³-hybridized carbons (Fsp3) is 0.556. The lowest BCUT2D eigenvalue weighted by Gasteiger charge is -2.40. The van der Waals surface area contributed by atoms with Gasteiger partial charge in [0.25, 0.3) is 0 Å². The van der Waals surface area contributed by atoms with Crippen LogP contribution in [0.5, 0.6) is 0 Å². The summed E-state index contributed by atoms with van der Waals surface area (Å²) in [5, 5.41) is 12.2. The SMILES string of the molecule is Cc1ccc(CNCC2CN(c3ccc(C(C)(C)C)nn3)C2)o1. The molecule has 2 aromatic rings. The highest BCUT2D eigenvalue weighted by Gasteiger charge is 2.28. The third-order valence-electron chi connectivity index (χ3n) is 4.23. The number of furan rings is 1. The maximum absolute atomic E-state index is 5.55. The fourth-order valence-corrected chi connectivity index (χ4v) is 2.76. The third kappa shape index (κ3) is 3.91. The molecule has 1 aliphatic rings. The Hall–Kier alpha value is -1.88. The first-order valence-corrected chi connectivity index (χ1v) is 8.27. The van der Waals surface area contributed by atoms with Gasteiger partial charge in [0.05, 0.1) is 12.2 Å². The minimum absolute atomic E-state index is 0.0527. The molecule has 3 rings (SSSR count). The number of hydrogen-bond acceptors (Lipinski definition) is 5.